The fraction of sp³-hybridized carbons (Fsp3) is 0.333. The molecule has 7 heteroatoms. The van der Waals surface area contributed by atoms with Crippen LogP contribution >= 0.6 is 35.6 Å². The number of nitrogens with zero attached hydrogens (tertiary/aromatic N) is 3. The molecule has 2 unspecified atom stereocenters. The van der Waals surface area contributed by atoms with Crippen LogP contribution in [-0.2, 0) is 19.5 Å². The van der Waals surface area contributed by atoms with Crippen LogP contribution in [0.5, 0.6) is 0 Å². The lowest BCUT2D eigenvalue weighted by atomic mass is 9.82. The summed E-state index contributed by atoms with van der Waals surface area (Å²) in [6.07, 6.45) is 3.78. The van der Waals surface area contributed by atoms with E-state index in [2.05, 4.69) is 39.7 Å². The predicted molar refractivity (Wildman–Crippen MR) is 115 cm³/mol. The van der Waals surface area contributed by atoms with E-state index in [1.165, 1.54) is 22.3 Å². The molecule has 2 atom stereocenters. The number of benzene rings is 2. The van der Waals surface area contributed by atoms with Crippen molar-refractivity contribution >= 4 is 35.6 Å². The maximum atomic E-state index is 6.25. The first kappa shape index (κ1) is 19.7. The molecule has 28 heavy (non-hydrogen) atoms. The zero-order valence-corrected chi connectivity index (χ0v) is 17.6. The summed E-state index contributed by atoms with van der Waals surface area (Å²) >= 11 is 12.3. The number of rotatable bonds is 2. The maximum absolute atomic E-state index is 6.25. The lowest BCUT2D eigenvalue weighted by Crippen LogP contribution is -2.29. The van der Waals surface area contributed by atoms with Gasteiger partial charge < -0.3 is 5.32 Å². The topological polar surface area (TPSA) is 42.7 Å². The lowest BCUT2D eigenvalue weighted by Gasteiger charge is -2.29. The average molecular weight is 436 g/mol. The number of hydrogen-bond donors (Lipinski definition) is 1. The normalized spacial score (nSPS) is 20.8. The Labute approximate surface area is 180 Å². The van der Waals surface area contributed by atoms with Gasteiger partial charge in [-0.25, -0.2) is 9.67 Å². The van der Waals surface area contributed by atoms with Crippen LogP contribution in [-0.4, -0.2) is 21.3 Å². The van der Waals surface area contributed by atoms with E-state index in [-0.39, 0.29) is 12.4 Å². The summed E-state index contributed by atoms with van der Waals surface area (Å²) in [5, 5.41) is 9.13. The third kappa shape index (κ3) is 3.55. The Morgan fingerprint density at radius 2 is 1.89 bits per heavy atom. The number of aromatic nitrogens is 3. The molecule has 3 aromatic rings. The van der Waals surface area contributed by atoms with Gasteiger partial charge in [-0.1, -0.05) is 47.5 Å². The number of halogens is 3. The van der Waals surface area contributed by atoms with Crippen molar-refractivity contribution in [3.8, 4) is 0 Å². The van der Waals surface area contributed by atoms with E-state index >= 15 is 0 Å². The van der Waals surface area contributed by atoms with E-state index in [9.17, 15) is 0 Å². The Morgan fingerprint density at radius 3 is 2.75 bits per heavy atom. The van der Waals surface area contributed by atoms with Gasteiger partial charge in [-0.3, -0.25) is 0 Å². The molecule has 2 aliphatic rings. The highest BCUT2D eigenvalue weighted by molar-refractivity contribution is 6.42. The fourth-order valence-electron chi connectivity index (χ4n) is 4.37. The van der Waals surface area contributed by atoms with Gasteiger partial charge in [0, 0.05) is 37.9 Å². The predicted octanol–water partition coefficient (Wildman–Crippen LogP) is 4.97. The first-order valence-electron chi connectivity index (χ1n) is 9.34. The summed E-state index contributed by atoms with van der Waals surface area (Å²) in [5.74, 6) is 1.89. The van der Waals surface area contributed by atoms with Crippen molar-refractivity contribution in [2.75, 3.05) is 6.54 Å². The third-order valence-electron chi connectivity index (χ3n) is 5.83. The van der Waals surface area contributed by atoms with Gasteiger partial charge in [-0.05, 0) is 40.8 Å². The van der Waals surface area contributed by atoms with Gasteiger partial charge >= 0.3 is 0 Å². The first-order valence-corrected chi connectivity index (χ1v) is 10.1. The Hall–Kier alpha value is -1.59. The summed E-state index contributed by atoms with van der Waals surface area (Å²) in [7, 11) is 0. The summed E-state index contributed by atoms with van der Waals surface area (Å²) in [6.45, 7) is 2.73. The quantitative estimate of drug-likeness (QED) is 0.618. The highest BCUT2D eigenvalue weighted by Gasteiger charge is 2.25. The van der Waals surface area contributed by atoms with Crippen LogP contribution in [0.4, 0.5) is 0 Å². The van der Waals surface area contributed by atoms with Gasteiger partial charge in [-0.2, -0.15) is 5.10 Å². The molecule has 2 aromatic carbocycles. The monoisotopic (exact) mass is 434 g/mol. The van der Waals surface area contributed by atoms with Crippen molar-refractivity contribution in [3.05, 3.63) is 80.8 Å². The zero-order chi connectivity index (χ0) is 18.4. The molecule has 5 rings (SSSR count). The molecule has 0 saturated carbocycles. The molecule has 1 aromatic heterocycles. The average Bonchev–Trinajstić information content (AvgIpc) is 3.17. The van der Waals surface area contributed by atoms with Crippen LogP contribution < -0.4 is 5.32 Å². The highest BCUT2D eigenvalue weighted by atomic mass is 35.5. The van der Waals surface area contributed by atoms with E-state index < -0.39 is 0 Å². The van der Waals surface area contributed by atoms with Crippen LogP contribution in [0.15, 0.2) is 42.7 Å². The number of hydrogen-bond acceptors (Lipinski definition) is 3. The van der Waals surface area contributed by atoms with Crippen molar-refractivity contribution < 1.29 is 0 Å². The number of nitrogens with one attached hydrogen (secondary N) is 1. The molecule has 0 aliphatic carbocycles. The van der Waals surface area contributed by atoms with Gasteiger partial charge in [0.2, 0.25) is 0 Å². The standard InChI is InChI=1S/C21H20Cl2N4.ClH/c22-19-5-2-14(8-20(19)23)18-10-24-9-16-7-13(1-4-17(16)18)15-3-6-21-25-12-26-27(21)11-15;/h1-2,4-5,7-8,12,15,18,24H,3,6,9-11H2;1H. The second kappa shape index (κ2) is 8.03. The minimum Gasteiger partial charge on any atom is -0.312 e. The zero-order valence-electron chi connectivity index (χ0n) is 15.2. The Morgan fingerprint density at radius 1 is 1.04 bits per heavy atom. The van der Waals surface area contributed by atoms with Gasteiger partial charge in [0.15, 0.2) is 0 Å². The fourth-order valence-corrected chi connectivity index (χ4v) is 4.68. The third-order valence-corrected chi connectivity index (χ3v) is 6.57. The molecule has 0 bridgehead atoms. The van der Waals surface area contributed by atoms with Crippen molar-refractivity contribution in [3.63, 3.8) is 0 Å². The Balaban J connectivity index is 0.00000192. The Bertz CT molecular complexity index is 1000. The van der Waals surface area contributed by atoms with Crippen LogP contribution in [0.1, 0.15) is 46.3 Å². The van der Waals surface area contributed by atoms with E-state index in [1.54, 1.807) is 6.33 Å². The lowest BCUT2D eigenvalue weighted by molar-refractivity contribution is 0.422. The molecular formula is C21H21Cl3N4. The van der Waals surface area contributed by atoms with Crippen LogP contribution in [0, 0.1) is 0 Å². The molecule has 0 radical (unpaired) electrons. The smallest absolute Gasteiger partial charge is 0.138 e. The Kier molecular flexibility index (Phi) is 5.66. The first-order chi connectivity index (χ1) is 13.2. The van der Waals surface area contributed by atoms with Gasteiger partial charge in [0.1, 0.15) is 12.2 Å². The maximum Gasteiger partial charge on any atom is 0.138 e. The van der Waals surface area contributed by atoms with Crippen LogP contribution in [0.3, 0.4) is 0 Å². The molecule has 0 saturated heterocycles. The minimum absolute atomic E-state index is 0. The molecule has 3 heterocycles. The molecule has 4 nitrogen and oxygen atoms in total. The largest absolute Gasteiger partial charge is 0.312 e. The van der Waals surface area contributed by atoms with Crippen LogP contribution in [0.25, 0.3) is 0 Å². The van der Waals surface area contributed by atoms with Crippen molar-refractivity contribution in [1.82, 2.24) is 20.1 Å². The highest BCUT2D eigenvalue weighted by Crippen LogP contribution is 2.36. The summed E-state index contributed by atoms with van der Waals surface area (Å²) in [4.78, 5) is 4.33. The molecule has 0 fully saturated rings. The van der Waals surface area contributed by atoms with Gasteiger partial charge in [0.05, 0.1) is 10.0 Å². The van der Waals surface area contributed by atoms with Crippen molar-refractivity contribution in [1.29, 1.82) is 0 Å². The summed E-state index contributed by atoms with van der Waals surface area (Å²) < 4.78 is 2.05. The van der Waals surface area contributed by atoms with E-state index in [4.69, 9.17) is 23.2 Å². The molecule has 0 spiro atoms. The second-order valence-electron chi connectivity index (χ2n) is 7.41. The van der Waals surface area contributed by atoms with Crippen molar-refractivity contribution in [2.24, 2.45) is 0 Å². The molecular weight excluding hydrogens is 415 g/mol. The van der Waals surface area contributed by atoms with Gasteiger partial charge in [0.25, 0.3) is 0 Å². The number of fused-ring (bicyclic) bond motifs is 2. The van der Waals surface area contributed by atoms with Gasteiger partial charge in [-0.15, -0.1) is 12.4 Å². The SMILES string of the molecule is Cl.Clc1ccc(C2CNCc3cc(C4CCc5ncnn5C4)ccc32)cc1Cl. The summed E-state index contributed by atoms with van der Waals surface area (Å²) in [6, 6.07) is 12.9. The van der Waals surface area contributed by atoms with E-state index in [0.717, 1.165) is 38.3 Å². The van der Waals surface area contributed by atoms with Crippen LogP contribution in [0.2, 0.25) is 10.0 Å². The molecule has 1 N–H and O–H groups in total. The molecule has 146 valence electrons. The second-order valence-corrected chi connectivity index (χ2v) is 8.22. The minimum atomic E-state index is 0. The summed E-state index contributed by atoms with van der Waals surface area (Å²) in [5.41, 5.74) is 5.36. The van der Waals surface area contributed by atoms with E-state index in [0.29, 0.717) is 21.9 Å². The van der Waals surface area contributed by atoms with E-state index in [1.807, 2.05) is 16.8 Å². The van der Waals surface area contributed by atoms with Crippen molar-refractivity contribution in [2.45, 2.75) is 37.8 Å². The number of aryl methyl sites for hydroxylation is 1. The molecule has 0 amide bonds. The molecule has 2 aliphatic heterocycles.